The minimum absolute atomic E-state index is 0.157. The summed E-state index contributed by atoms with van der Waals surface area (Å²) >= 11 is 3.80. The van der Waals surface area contributed by atoms with Crippen LogP contribution in [0.25, 0.3) is 16.3 Å². The van der Waals surface area contributed by atoms with Gasteiger partial charge in [0, 0.05) is 15.3 Å². The van der Waals surface area contributed by atoms with E-state index in [1.54, 1.807) is 17.4 Å². The first-order chi connectivity index (χ1) is 10.2. The molecule has 0 aliphatic carbocycles. The molecule has 0 radical (unpaired) electrons. The molecule has 5 heteroatoms. The van der Waals surface area contributed by atoms with Gasteiger partial charge in [0.05, 0.1) is 10.2 Å². The fourth-order valence-corrected chi connectivity index (χ4v) is 3.06. The fraction of sp³-hybridized carbons (Fsp3) is 0. The van der Waals surface area contributed by atoms with Gasteiger partial charge in [-0.1, -0.05) is 12.1 Å². The molecule has 0 bridgehead atoms. The van der Waals surface area contributed by atoms with E-state index in [4.69, 9.17) is 0 Å². The number of nitrogens with one attached hydrogen (secondary N) is 1. The third-order valence-corrected chi connectivity index (χ3v) is 4.52. The van der Waals surface area contributed by atoms with Crippen LogP contribution in [0.4, 0.5) is 5.69 Å². The van der Waals surface area contributed by atoms with E-state index in [9.17, 15) is 4.79 Å². The van der Waals surface area contributed by atoms with Crippen molar-refractivity contribution in [2.45, 2.75) is 0 Å². The van der Waals surface area contributed by atoms with Crippen molar-refractivity contribution < 1.29 is 4.79 Å². The molecule has 3 nitrogen and oxygen atoms in total. The zero-order valence-corrected chi connectivity index (χ0v) is 13.9. The molecule has 0 saturated carbocycles. The molecule has 2 aromatic carbocycles. The summed E-state index contributed by atoms with van der Waals surface area (Å²) in [4.78, 5) is 16.3. The number of fused-ring (bicyclic) bond motifs is 1. The lowest BCUT2D eigenvalue weighted by atomic mass is 10.3. The quantitative estimate of drug-likeness (QED) is 0.512. The molecule has 0 atom stereocenters. The maximum atomic E-state index is 11.9. The van der Waals surface area contributed by atoms with E-state index in [-0.39, 0.29) is 5.91 Å². The Morgan fingerprint density at radius 2 is 1.90 bits per heavy atom. The second-order valence-corrected chi connectivity index (χ2v) is 6.66. The highest BCUT2D eigenvalue weighted by Crippen LogP contribution is 2.22. The molecule has 0 fully saturated rings. The van der Waals surface area contributed by atoms with E-state index in [2.05, 4.69) is 32.9 Å². The van der Waals surface area contributed by atoms with Crippen molar-refractivity contribution in [2.75, 3.05) is 5.32 Å². The number of thiazole rings is 1. The van der Waals surface area contributed by atoms with Crippen molar-refractivity contribution in [3.05, 3.63) is 63.2 Å². The second kappa shape index (κ2) is 6.36. The molecular formula is C16H11IN2OS. The van der Waals surface area contributed by atoms with Gasteiger partial charge in [0.2, 0.25) is 5.91 Å². The van der Waals surface area contributed by atoms with Crippen LogP contribution in [0.5, 0.6) is 0 Å². The van der Waals surface area contributed by atoms with Gasteiger partial charge >= 0.3 is 0 Å². The summed E-state index contributed by atoms with van der Waals surface area (Å²) in [5.74, 6) is -0.157. The van der Waals surface area contributed by atoms with E-state index >= 15 is 0 Å². The lowest BCUT2D eigenvalue weighted by Crippen LogP contribution is -2.07. The predicted molar refractivity (Wildman–Crippen MR) is 96.4 cm³/mol. The molecule has 3 aromatic rings. The zero-order chi connectivity index (χ0) is 14.7. The molecule has 0 aliphatic heterocycles. The minimum Gasteiger partial charge on any atom is -0.323 e. The summed E-state index contributed by atoms with van der Waals surface area (Å²) in [6.45, 7) is 0. The zero-order valence-electron chi connectivity index (χ0n) is 10.9. The first-order valence-electron chi connectivity index (χ1n) is 6.31. The first-order valence-corrected chi connectivity index (χ1v) is 8.20. The molecule has 3 rings (SSSR count). The molecule has 21 heavy (non-hydrogen) atoms. The standard InChI is InChI=1S/C16H11IN2OS/c17-11-5-7-12(8-6-11)18-15(20)9-10-16-19-13-3-1-2-4-14(13)21-16/h1-10H,(H,18,20)/b10-9+. The van der Waals surface area contributed by atoms with Crippen LogP contribution in [0.15, 0.2) is 54.6 Å². The lowest BCUT2D eigenvalue weighted by Gasteiger charge is -2.01. The van der Waals surface area contributed by atoms with E-state index in [0.717, 1.165) is 24.5 Å². The fourth-order valence-electron chi connectivity index (χ4n) is 1.83. The van der Waals surface area contributed by atoms with Crippen LogP contribution < -0.4 is 5.32 Å². The van der Waals surface area contributed by atoms with Gasteiger partial charge in [-0.15, -0.1) is 11.3 Å². The number of hydrogen-bond acceptors (Lipinski definition) is 3. The van der Waals surface area contributed by atoms with Crippen LogP contribution >= 0.6 is 33.9 Å². The third kappa shape index (κ3) is 3.68. The van der Waals surface area contributed by atoms with Gasteiger partial charge in [-0.25, -0.2) is 4.98 Å². The topological polar surface area (TPSA) is 42.0 Å². The summed E-state index contributed by atoms with van der Waals surface area (Å²) in [5, 5.41) is 3.65. The average molecular weight is 406 g/mol. The van der Waals surface area contributed by atoms with E-state index in [1.807, 2.05) is 48.5 Å². The van der Waals surface area contributed by atoms with Gasteiger partial charge in [0.25, 0.3) is 0 Å². The first kappa shape index (κ1) is 14.2. The highest BCUT2D eigenvalue weighted by molar-refractivity contribution is 14.1. The number of para-hydroxylation sites is 1. The third-order valence-electron chi connectivity index (χ3n) is 2.80. The molecule has 1 amide bonds. The number of hydrogen-bond donors (Lipinski definition) is 1. The van der Waals surface area contributed by atoms with Gasteiger partial charge in [-0.3, -0.25) is 4.79 Å². The van der Waals surface area contributed by atoms with Crippen LogP contribution in [0, 0.1) is 3.57 Å². The number of carbonyl (C=O) groups excluding carboxylic acids is 1. The van der Waals surface area contributed by atoms with Crippen LogP contribution in [-0.4, -0.2) is 10.9 Å². The van der Waals surface area contributed by atoms with Gasteiger partial charge < -0.3 is 5.32 Å². The Labute approximate surface area is 139 Å². The number of halogens is 1. The van der Waals surface area contributed by atoms with Gasteiger partial charge in [0.1, 0.15) is 5.01 Å². The van der Waals surface area contributed by atoms with Crippen molar-refractivity contribution in [1.29, 1.82) is 0 Å². The number of benzene rings is 2. The Balaban J connectivity index is 1.70. The number of aromatic nitrogens is 1. The summed E-state index contributed by atoms with van der Waals surface area (Å²) in [6.07, 6.45) is 3.25. The number of amides is 1. The summed E-state index contributed by atoms with van der Waals surface area (Å²) in [5.41, 5.74) is 1.74. The molecule has 1 aromatic heterocycles. The SMILES string of the molecule is O=C(/C=C/c1nc2ccccc2s1)Nc1ccc(I)cc1. The highest BCUT2D eigenvalue weighted by atomic mass is 127. The normalized spacial score (nSPS) is 11.1. The molecule has 104 valence electrons. The maximum Gasteiger partial charge on any atom is 0.248 e. The lowest BCUT2D eigenvalue weighted by molar-refractivity contribution is -0.111. The van der Waals surface area contributed by atoms with E-state index in [1.165, 1.54) is 6.08 Å². The van der Waals surface area contributed by atoms with Crippen molar-refractivity contribution in [3.8, 4) is 0 Å². The largest absolute Gasteiger partial charge is 0.323 e. The Kier molecular flexibility index (Phi) is 4.31. The minimum atomic E-state index is -0.157. The van der Waals surface area contributed by atoms with Crippen molar-refractivity contribution in [3.63, 3.8) is 0 Å². The monoisotopic (exact) mass is 406 g/mol. The van der Waals surface area contributed by atoms with Crippen molar-refractivity contribution in [2.24, 2.45) is 0 Å². The molecular weight excluding hydrogens is 395 g/mol. The van der Waals surface area contributed by atoms with Crippen molar-refractivity contribution in [1.82, 2.24) is 4.98 Å². The molecule has 0 saturated heterocycles. The number of rotatable bonds is 3. The predicted octanol–water partition coefficient (Wildman–Crippen LogP) is 4.55. The summed E-state index contributed by atoms with van der Waals surface area (Å²) in [6, 6.07) is 15.6. The number of nitrogens with zero attached hydrogens (tertiary/aromatic N) is 1. The number of carbonyl (C=O) groups is 1. The van der Waals surface area contributed by atoms with Crippen LogP contribution in [0.2, 0.25) is 0 Å². The van der Waals surface area contributed by atoms with Crippen LogP contribution in [0.1, 0.15) is 5.01 Å². The number of anilines is 1. The van der Waals surface area contributed by atoms with Gasteiger partial charge in [-0.2, -0.15) is 0 Å². The molecule has 1 heterocycles. The Morgan fingerprint density at radius 3 is 2.67 bits per heavy atom. The van der Waals surface area contributed by atoms with Crippen molar-refractivity contribution >= 4 is 61.8 Å². The van der Waals surface area contributed by atoms with Crippen LogP contribution in [0.3, 0.4) is 0 Å². The Morgan fingerprint density at radius 1 is 1.14 bits per heavy atom. The Hall–Kier alpha value is -1.73. The maximum absolute atomic E-state index is 11.9. The average Bonchev–Trinajstić information content (AvgIpc) is 2.90. The van der Waals surface area contributed by atoms with E-state index < -0.39 is 0 Å². The molecule has 0 unspecified atom stereocenters. The molecule has 1 N–H and O–H groups in total. The van der Waals surface area contributed by atoms with Gasteiger partial charge in [0.15, 0.2) is 0 Å². The molecule has 0 spiro atoms. The summed E-state index contributed by atoms with van der Waals surface area (Å²) in [7, 11) is 0. The van der Waals surface area contributed by atoms with Crippen LogP contribution in [-0.2, 0) is 4.79 Å². The molecule has 0 aliphatic rings. The van der Waals surface area contributed by atoms with E-state index in [0.29, 0.717) is 0 Å². The Bertz CT molecular complexity index is 776. The van der Waals surface area contributed by atoms with Gasteiger partial charge in [-0.05, 0) is 65.1 Å². The summed E-state index contributed by atoms with van der Waals surface area (Å²) < 4.78 is 2.26. The second-order valence-electron chi connectivity index (χ2n) is 4.35. The highest BCUT2D eigenvalue weighted by Gasteiger charge is 2.01. The smallest absolute Gasteiger partial charge is 0.248 e.